The lowest BCUT2D eigenvalue weighted by Crippen LogP contribution is -2.26. The molecule has 0 radical (unpaired) electrons. The standard InChI is InChI=1S/C24H21N3O5S/c28-9-8-26-23(30)20-12-25-11-19-15(14-33-22(19)20)13-32-17-5-3-4-16(10-17)27-24(31)18-6-1-2-7-21(18)29/h1-7,10-12,14,28-29H,8-9,13H2,(H,26,30)(H,27,31). The lowest BCUT2D eigenvalue weighted by molar-refractivity contribution is 0.0945. The zero-order valence-corrected chi connectivity index (χ0v) is 18.3. The molecule has 0 fully saturated rings. The highest BCUT2D eigenvalue weighted by Gasteiger charge is 2.15. The molecular weight excluding hydrogens is 442 g/mol. The van der Waals surface area contributed by atoms with Gasteiger partial charge in [-0.15, -0.1) is 11.3 Å². The molecule has 2 heterocycles. The summed E-state index contributed by atoms with van der Waals surface area (Å²) in [6, 6.07) is 13.3. The molecule has 0 saturated carbocycles. The topological polar surface area (TPSA) is 121 Å². The van der Waals surface area contributed by atoms with Gasteiger partial charge in [-0.3, -0.25) is 14.6 Å². The number of phenolic OH excluding ortho intramolecular Hbond substituents is 1. The number of nitrogens with zero attached hydrogens (tertiary/aromatic N) is 1. The second-order valence-electron chi connectivity index (χ2n) is 7.09. The van der Waals surface area contributed by atoms with Crippen LogP contribution in [0.4, 0.5) is 5.69 Å². The third kappa shape index (κ3) is 5.11. The Balaban J connectivity index is 1.46. The van der Waals surface area contributed by atoms with Crippen LogP contribution in [-0.4, -0.2) is 40.2 Å². The second-order valence-corrected chi connectivity index (χ2v) is 7.97. The van der Waals surface area contributed by atoms with Crippen molar-refractivity contribution in [2.45, 2.75) is 6.61 Å². The number of para-hydroxylation sites is 1. The number of thiophene rings is 1. The number of ether oxygens (including phenoxy) is 1. The summed E-state index contributed by atoms with van der Waals surface area (Å²) in [6.07, 6.45) is 3.20. The Morgan fingerprint density at radius 3 is 2.70 bits per heavy atom. The number of aliphatic hydroxyl groups excluding tert-OH is 1. The predicted molar refractivity (Wildman–Crippen MR) is 126 cm³/mol. The van der Waals surface area contributed by atoms with E-state index in [-0.39, 0.29) is 37.0 Å². The van der Waals surface area contributed by atoms with E-state index < -0.39 is 5.91 Å². The molecule has 0 aliphatic rings. The highest BCUT2D eigenvalue weighted by Crippen LogP contribution is 2.30. The summed E-state index contributed by atoms with van der Waals surface area (Å²) >= 11 is 1.42. The number of anilines is 1. The molecule has 0 spiro atoms. The van der Waals surface area contributed by atoms with Crippen molar-refractivity contribution in [3.05, 3.63) is 83.0 Å². The first-order valence-corrected chi connectivity index (χ1v) is 11.0. The van der Waals surface area contributed by atoms with E-state index in [2.05, 4.69) is 15.6 Å². The molecule has 33 heavy (non-hydrogen) atoms. The zero-order chi connectivity index (χ0) is 23.2. The van der Waals surface area contributed by atoms with Crippen molar-refractivity contribution in [1.29, 1.82) is 0 Å². The minimum Gasteiger partial charge on any atom is -0.507 e. The normalized spacial score (nSPS) is 10.7. The van der Waals surface area contributed by atoms with Crippen LogP contribution in [0.1, 0.15) is 26.3 Å². The quantitative estimate of drug-likeness (QED) is 0.317. The van der Waals surface area contributed by atoms with Gasteiger partial charge < -0.3 is 25.6 Å². The van der Waals surface area contributed by atoms with Crippen LogP contribution in [-0.2, 0) is 6.61 Å². The van der Waals surface area contributed by atoms with Gasteiger partial charge >= 0.3 is 0 Å². The maximum absolute atomic E-state index is 12.4. The van der Waals surface area contributed by atoms with Gasteiger partial charge in [-0.2, -0.15) is 0 Å². The summed E-state index contributed by atoms with van der Waals surface area (Å²) < 4.78 is 6.71. The molecule has 2 amide bonds. The number of nitrogens with one attached hydrogen (secondary N) is 2. The second kappa shape index (κ2) is 10.1. The number of amides is 2. The smallest absolute Gasteiger partial charge is 0.259 e. The number of hydrogen-bond acceptors (Lipinski definition) is 7. The van der Waals surface area contributed by atoms with Crippen molar-refractivity contribution in [2.24, 2.45) is 0 Å². The highest BCUT2D eigenvalue weighted by molar-refractivity contribution is 7.17. The van der Waals surface area contributed by atoms with E-state index in [4.69, 9.17) is 9.84 Å². The molecule has 2 aromatic carbocycles. The lowest BCUT2D eigenvalue weighted by Gasteiger charge is -2.10. The number of aromatic hydroxyl groups is 1. The molecule has 168 valence electrons. The molecule has 0 atom stereocenters. The summed E-state index contributed by atoms with van der Waals surface area (Å²) in [4.78, 5) is 28.9. The molecule has 0 unspecified atom stereocenters. The Morgan fingerprint density at radius 1 is 1.03 bits per heavy atom. The van der Waals surface area contributed by atoms with Crippen LogP contribution in [0.3, 0.4) is 0 Å². The number of carbonyl (C=O) groups is 2. The van der Waals surface area contributed by atoms with Crippen LogP contribution >= 0.6 is 11.3 Å². The van der Waals surface area contributed by atoms with Crippen LogP contribution in [0.15, 0.2) is 66.3 Å². The van der Waals surface area contributed by atoms with Gasteiger partial charge in [0.25, 0.3) is 11.8 Å². The van der Waals surface area contributed by atoms with Gasteiger partial charge in [-0.1, -0.05) is 18.2 Å². The van der Waals surface area contributed by atoms with Gasteiger partial charge in [-0.25, -0.2) is 0 Å². The van der Waals surface area contributed by atoms with E-state index in [1.54, 1.807) is 48.7 Å². The molecule has 4 aromatic rings. The minimum absolute atomic E-state index is 0.0928. The van der Waals surface area contributed by atoms with E-state index in [0.29, 0.717) is 17.0 Å². The number of aliphatic hydroxyl groups is 1. The number of rotatable bonds is 8. The first-order chi connectivity index (χ1) is 16.1. The van der Waals surface area contributed by atoms with Crippen molar-refractivity contribution in [3.63, 3.8) is 0 Å². The lowest BCUT2D eigenvalue weighted by atomic mass is 10.1. The molecule has 0 aliphatic carbocycles. The minimum atomic E-state index is -0.424. The van der Waals surface area contributed by atoms with E-state index in [1.807, 2.05) is 5.38 Å². The number of hydrogen-bond donors (Lipinski definition) is 4. The van der Waals surface area contributed by atoms with Crippen LogP contribution in [0, 0.1) is 0 Å². The number of aromatic nitrogens is 1. The number of fused-ring (bicyclic) bond motifs is 1. The fraction of sp³-hybridized carbons (Fsp3) is 0.125. The summed E-state index contributed by atoms with van der Waals surface area (Å²) in [6.45, 7) is 0.290. The average molecular weight is 464 g/mol. The first-order valence-electron chi connectivity index (χ1n) is 10.1. The molecule has 4 rings (SSSR count). The Kier molecular flexibility index (Phi) is 6.82. The summed E-state index contributed by atoms with van der Waals surface area (Å²) in [5.41, 5.74) is 2.04. The van der Waals surface area contributed by atoms with Crippen molar-refractivity contribution in [2.75, 3.05) is 18.5 Å². The Hall–Kier alpha value is -3.95. The fourth-order valence-corrected chi connectivity index (χ4v) is 4.26. The molecule has 2 aromatic heterocycles. The highest BCUT2D eigenvalue weighted by atomic mass is 32.1. The first kappa shape index (κ1) is 22.3. The van der Waals surface area contributed by atoms with E-state index >= 15 is 0 Å². The Labute approximate surface area is 193 Å². The van der Waals surface area contributed by atoms with Crippen molar-refractivity contribution in [1.82, 2.24) is 10.3 Å². The SMILES string of the molecule is O=C(Nc1cccc(OCc2csc3c(C(=O)NCCO)cncc23)c1)c1ccccc1O. The monoisotopic (exact) mass is 463 g/mol. The van der Waals surface area contributed by atoms with Gasteiger partial charge in [0.2, 0.25) is 0 Å². The third-order valence-corrected chi connectivity index (χ3v) is 5.92. The molecule has 8 nitrogen and oxygen atoms in total. The summed E-state index contributed by atoms with van der Waals surface area (Å²) in [5.74, 6) is -0.254. The summed E-state index contributed by atoms with van der Waals surface area (Å²) in [7, 11) is 0. The molecule has 0 saturated heterocycles. The van der Waals surface area contributed by atoms with Crippen LogP contribution in [0.25, 0.3) is 10.1 Å². The fourth-order valence-electron chi connectivity index (χ4n) is 3.22. The van der Waals surface area contributed by atoms with E-state index in [0.717, 1.165) is 15.6 Å². The molecule has 0 aliphatic heterocycles. The maximum Gasteiger partial charge on any atom is 0.259 e. The summed E-state index contributed by atoms with van der Waals surface area (Å²) in [5, 5.41) is 26.9. The van der Waals surface area contributed by atoms with E-state index in [1.165, 1.54) is 23.6 Å². The van der Waals surface area contributed by atoms with Gasteiger partial charge in [0.15, 0.2) is 0 Å². The van der Waals surface area contributed by atoms with Crippen LogP contribution in [0.2, 0.25) is 0 Å². The third-order valence-electron chi connectivity index (χ3n) is 4.84. The van der Waals surface area contributed by atoms with Gasteiger partial charge in [-0.05, 0) is 29.6 Å². The molecule has 9 heteroatoms. The number of phenols is 1. The van der Waals surface area contributed by atoms with Gasteiger partial charge in [0, 0.05) is 41.6 Å². The average Bonchev–Trinajstić information content (AvgIpc) is 3.25. The predicted octanol–water partition coefficient (Wildman–Crippen LogP) is 3.56. The zero-order valence-electron chi connectivity index (χ0n) is 17.4. The maximum atomic E-state index is 12.4. The Morgan fingerprint density at radius 2 is 1.88 bits per heavy atom. The van der Waals surface area contributed by atoms with Crippen molar-refractivity contribution < 1.29 is 24.5 Å². The largest absolute Gasteiger partial charge is 0.507 e. The molecule has 4 N–H and O–H groups in total. The molecular formula is C24H21N3O5S. The number of benzene rings is 2. The molecule has 0 bridgehead atoms. The van der Waals surface area contributed by atoms with Gasteiger partial charge in [0.1, 0.15) is 18.1 Å². The van der Waals surface area contributed by atoms with Gasteiger partial charge in [0.05, 0.1) is 22.4 Å². The van der Waals surface area contributed by atoms with E-state index in [9.17, 15) is 14.7 Å². The van der Waals surface area contributed by atoms with Crippen molar-refractivity contribution >= 4 is 38.9 Å². The van der Waals surface area contributed by atoms with Crippen LogP contribution < -0.4 is 15.4 Å². The number of carbonyl (C=O) groups excluding carboxylic acids is 2. The Bertz CT molecular complexity index is 1300. The van der Waals surface area contributed by atoms with Crippen LogP contribution in [0.5, 0.6) is 11.5 Å². The van der Waals surface area contributed by atoms with Crippen molar-refractivity contribution in [3.8, 4) is 11.5 Å². The number of pyridine rings is 1.